The zero-order valence-electron chi connectivity index (χ0n) is 15.0. The van der Waals surface area contributed by atoms with E-state index >= 15 is 0 Å². The lowest BCUT2D eigenvalue weighted by atomic mass is 10.2. The Bertz CT molecular complexity index is 1200. The highest BCUT2D eigenvalue weighted by molar-refractivity contribution is 7.98. The molecule has 2 aromatic carbocycles. The van der Waals surface area contributed by atoms with Crippen LogP contribution in [0.1, 0.15) is 5.56 Å². The van der Waals surface area contributed by atoms with E-state index in [2.05, 4.69) is 4.98 Å². The van der Waals surface area contributed by atoms with Crippen LogP contribution < -0.4 is 10.3 Å². The molecular formula is C21H16ClN3O2S. The van der Waals surface area contributed by atoms with E-state index in [0.29, 0.717) is 38.3 Å². The molecule has 0 radical (unpaired) electrons. The summed E-state index contributed by atoms with van der Waals surface area (Å²) in [5.41, 5.74) is 2.09. The first kappa shape index (κ1) is 18.5. The summed E-state index contributed by atoms with van der Waals surface area (Å²) in [7, 11) is 1.58. The van der Waals surface area contributed by atoms with Crippen molar-refractivity contribution in [1.29, 1.82) is 0 Å². The number of ether oxygens (including phenoxy) is 1. The minimum atomic E-state index is -0.167. The van der Waals surface area contributed by atoms with Crippen molar-refractivity contribution < 1.29 is 4.74 Å². The number of halogens is 1. The Balaban J connectivity index is 1.91. The molecule has 0 atom stereocenters. The maximum absolute atomic E-state index is 13.3. The lowest BCUT2D eigenvalue weighted by molar-refractivity contribution is 0.411. The fraction of sp³-hybridized carbons (Fsp3) is 0.0952. The fourth-order valence-corrected chi connectivity index (χ4v) is 4.00. The van der Waals surface area contributed by atoms with Crippen LogP contribution in [-0.4, -0.2) is 21.6 Å². The van der Waals surface area contributed by atoms with E-state index < -0.39 is 0 Å². The van der Waals surface area contributed by atoms with Crippen LogP contribution in [0.4, 0.5) is 0 Å². The number of hydrogen-bond acceptors (Lipinski definition) is 5. The number of methoxy groups -OCH3 is 1. The van der Waals surface area contributed by atoms with Gasteiger partial charge in [0.1, 0.15) is 5.75 Å². The van der Waals surface area contributed by atoms with Gasteiger partial charge in [0.2, 0.25) is 0 Å². The molecule has 2 aromatic heterocycles. The molecule has 0 saturated heterocycles. The van der Waals surface area contributed by atoms with Crippen molar-refractivity contribution in [3.05, 3.63) is 87.9 Å². The molecule has 28 heavy (non-hydrogen) atoms. The summed E-state index contributed by atoms with van der Waals surface area (Å²) >= 11 is 7.58. The van der Waals surface area contributed by atoms with E-state index in [1.165, 1.54) is 11.8 Å². The third-order valence-corrected chi connectivity index (χ3v) is 5.46. The molecule has 7 heteroatoms. The second kappa shape index (κ2) is 8.04. The molecule has 0 N–H and O–H groups in total. The van der Waals surface area contributed by atoms with E-state index in [9.17, 15) is 4.79 Å². The van der Waals surface area contributed by atoms with Gasteiger partial charge in [-0.15, -0.1) is 0 Å². The van der Waals surface area contributed by atoms with E-state index in [0.717, 1.165) is 5.56 Å². The molecule has 0 aliphatic carbocycles. The van der Waals surface area contributed by atoms with Crippen LogP contribution in [0.25, 0.3) is 16.6 Å². The van der Waals surface area contributed by atoms with Crippen molar-refractivity contribution in [1.82, 2.24) is 14.5 Å². The molecule has 0 unspecified atom stereocenters. The zero-order chi connectivity index (χ0) is 19.5. The summed E-state index contributed by atoms with van der Waals surface area (Å²) in [5.74, 6) is 1.23. The van der Waals surface area contributed by atoms with Crippen LogP contribution in [0, 0.1) is 0 Å². The van der Waals surface area contributed by atoms with Crippen molar-refractivity contribution in [3.8, 4) is 11.4 Å². The predicted octanol–water partition coefficient (Wildman–Crippen LogP) is 4.74. The highest BCUT2D eigenvalue weighted by atomic mass is 35.5. The molecule has 0 aliphatic rings. The lowest BCUT2D eigenvalue weighted by Crippen LogP contribution is -2.22. The van der Waals surface area contributed by atoms with Gasteiger partial charge in [0.25, 0.3) is 5.56 Å². The van der Waals surface area contributed by atoms with Crippen molar-refractivity contribution in [3.63, 3.8) is 0 Å². The first-order valence-corrected chi connectivity index (χ1v) is 9.91. The average molecular weight is 410 g/mol. The summed E-state index contributed by atoms with van der Waals surface area (Å²) in [6.45, 7) is 0. The Hall–Kier alpha value is -2.83. The summed E-state index contributed by atoms with van der Waals surface area (Å²) < 4.78 is 7.07. The lowest BCUT2D eigenvalue weighted by Gasteiger charge is -2.15. The van der Waals surface area contributed by atoms with Crippen molar-refractivity contribution in [2.24, 2.45) is 0 Å². The van der Waals surface area contributed by atoms with Crippen LogP contribution in [0.2, 0.25) is 5.02 Å². The number of para-hydroxylation sites is 2. The number of benzene rings is 2. The summed E-state index contributed by atoms with van der Waals surface area (Å²) in [6.07, 6.45) is 3.53. The van der Waals surface area contributed by atoms with Crippen LogP contribution in [0.3, 0.4) is 0 Å². The average Bonchev–Trinajstić information content (AvgIpc) is 2.73. The molecule has 2 heterocycles. The Labute approximate surface area is 171 Å². The topological polar surface area (TPSA) is 57.0 Å². The fourth-order valence-electron chi connectivity index (χ4n) is 2.89. The molecule has 4 rings (SSSR count). The van der Waals surface area contributed by atoms with Gasteiger partial charge in [-0.25, -0.2) is 4.98 Å². The second-order valence-corrected chi connectivity index (χ2v) is 7.40. The molecule has 140 valence electrons. The summed E-state index contributed by atoms with van der Waals surface area (Å²) in [5, 5.41) is 1.60. The van der Waals surface area contributed by atoms with Crippen LogP contribution in [0.15, 0.2) is 76.9 Å². The number of pyridine rings is 1. The molecule has 0 amide bonds. The minimum absolute atomic E-state index is 0.167. The standard InChI is InChI=1S/C21H16ClN3O2S/c1-27-19-7-3-2-6-18(19)25-20(26)16-9-8-15(22)11-17(16)24-21(25)28-13-14-5-4-10-23-12-14/h2-12H,13H2,1H3. The Morgan fingerprint density at radius 2 is 2.00 bits per heavy atom. The molecule has 0 aliphatic heterocycles. The molecule has 5 nitrogen and oxygen atoms in total. The number of nitrogens with zero attached hydrogens (tertiary/aromatic N) is 3. The number of thioether (sulfide) groups is 1. The van der Waals surface area contributed by atoms with Gasteiger partial charge in [-0.05, 0) is 42.0 Å². The maximum Gasteiger partial charge on any atom is 0.266 e. The Morgan fingerprint density at radius 3 is 2.79 bits per heavy atom. The SMILES string of the molecule is COc1ccccc1-n1c(SCc2cccnc2)nc2cc(Cl)ccc2c1=O. The number of fused-ring (bicyclic) bond motifs is 1. The maximum atomic E-state index is 13.3. The number of aromatic nitrogens is 3. The van der Waals surface area contributed by atoms with E-state index in [1.807, 2.05) is 36.4 Å². The molecule has 0 saturated carbocycles. The van der Waals surface area contributed by atoms with Crippen molar-refractivity contribution in [2.45, 2.75) is 10.9 Å². The van der Waals surface area contributed by atoms with Gasteiger partial charge in [-0.1, -0.05) is 41.6 Å². The monoisotopic (exact) mass is 409 g/mol. The Morgan fingerprint density at radius 1 is 1.14 bits per heavy atom. The van der Waals surface area contributed by atoms with Crippen LogP contribution in [0.5, 0.6) is 5.75 Å². The van der Waals surface area contributed by atoms with Gasteiger partial charge in [-0.2, -0.15) is 0 Å². The van der Waals surface area contributed by atoms with Gasteiger partial charge in [0.05, 0.1) is 23.7 Å². The van der Waals surface area contributed by atoms with E-state index in [-0.39, 0.29) is 5.56 Å². The van der Waals surface area contributed by atoms with Crippen molar-refractivity contribution >= 4 is 34.3 Å². The van der Waals surface area contributed by atoms with Gasteiger partial charge < -0.3 is 4.74 Å². The number of hydrogen-bond donors (Lipinski definition) is 0. The molecule has 0 spiro atoms. The minimum Gasteiger partial charge on any atom is -0.495 e. The first-order valence-electron chi connectivity index (χ1n) is 8.55. The van der Waals surface area contributed by atoms with Gasteiger partial charge in [0.15, 0.2) is 5.16 Å². The molecule has 4 aromatic rings. The largest absolute Gasteiger partial charge is 0.495 e. The quantitative estimate of drug-likeness (QED) is 0.352. The predicted molar refractivity (Wildman–Crippen MR) is 113 cm³/mol. The highest BCUT2D eigenvalue weighted by Crippen LogP contribution is 2.29. The zero-order valence-corrected chi connectivity index (χ0v) is 16.6. The van der Waals surface area contributed by atoms with Crippen molar-refractivity contribution in [2.75, 3.05) is 7.11 Å². The highest BCUT2D eigenvalue weighted by Gasteiger charge is 2.16. The normalized spacial score (nSPS) is 10.9. The number of rotatable bonds is 5. The van der Waals surface area contributed by atoms with Gasteiger partial charge in [0, 0.05) is 23.2 Å². The molecular weight excluding hydrogens is 394 g/mol. The van der Waals surface area contributed by atoms with E-state index in [4.69, 9.17) is 21.3 Å². The third kappa shape index (κ3) is 3.61. The molecule has 0 bridgehead atoms. The first-order chi connectivity index (χ1) is 13.7. The summed E-state index contributed by atoms with van der Waals surface area (Å²) in [4.78, 5) is 22.2. The van der Waals surface area contributed by atoms with E-state index in [1.54, 1.807) is 42.3 Å². The second-order valence-electron chi connectivity index (χ2n) is 6.02. The van der Waals surface area contributed by atoms with Crippen LogP contribution in [-0.2, 0) is 5.75 Å². The van der Waals surface area contributed by atoms with Crippen LogP contribution >= 0.6 is 23.4 Å². The molecule has 0 fully saturated rings. The Kier molecular flexibility index (Phi) is 5.32. The third-order valence-electron chi connectivity index (χ3n) is 4.22. The smallest absolute Gasteiger partial charge is 0.266 e. The van der Waals surface area contributed by atoms with Gasteiger partial charge >= 0.3 is 0 Å². The van der Waals surface area contributed by atoms with Gasteiger partial charge in [-0.3, -0.25) is 14.3 Å². The summed E-state index contributed by atoms with van der Waals surface area (Å²) in [6, 6.07) is 16.4.